The van der Waals surface area contributed by atoms with Crippen molar-refractivity contribution in [3.05, 3.63) is 35.4 Å². The van der Waals surface area contributed by atoms with Crippen LogP contribution in [-0.2, 0) is 9.53 Å². The van der Waals surface area contributed by atoms with Crippen molar-refractivity contribution in [1.29, 1.82) is 0 Å². The fourth-order valence-electron chi connectivity index (χ4n) is 1.44. The largest absolute Gasteiger partial charge is 0.479 e. The van der Waals surface area contributed by atoms with E-state index in [1.165, 1.54) is 0 Å². The first-order valence-electron chi connectivity index (χ1n) is 5.17. The summed E-state index contributed by atoms with van der Waals surface area (Å²) in [6, 6.07) is 7.23. The van der Waals surface area contributed by atoms with Crippen LogP contribution in [0.5, 0.6) is 0 Å². The zero-order valence-corrected chi connectivity index (χ0v) is 9.22. The first kappa shape index (κ1) is 12.7. The molecule has 1 rings (SSSR count). The zero-order valence-electron chi connectivity index (χ0n) is 9.22. The van der Waals surface area contributed by atoms with Gasteiger partial charge in [-0.05, 0) is 24.5 Å². The summed E-state index contributed by atoms with van der Waals surface area (Å²) in [7, 11) is 0. The van der Waals surface area contributed by atoms with Crippen LogP contribution in [0.4, 0.5) is 0 Å². The van der Waals surface area contributed by atoms with Crippen LogP contribution < -0.4 is 0 Å². The van der Waals surface area contributed by atoms with Gasteiger partial charge in [0.15, 0.2) is 6.10 Å². The van der Waals surface area contributed by atoms with E-state index in [4.69, 9.17) is 14.9 Å². The van der Waals surface area contributed by atoms with Crippen LogP contribution in [0.25, 0.3) is 0 Å². The van der Waals surface area contributed by atoms with E-state index in [1.807, 2.05) is 19.1 Å². The van der Waals surface area contributed by atoms with E-state index in [2.05, 4.69) is 0 Å². The van der Waals surface area contributed by atoms with Crippen LogP contribution in [-0.4, -0.2) is 29.4 Å². The molecule has 0 amide bonds. The molecule has 0 radical (unpaired) electrons. The molecule has 0 aliphatic carbocycles. The Kier molecular flexibility index (Phi) is 4.95. The second kappa shape index (κ2) is 6.25. The number of rotatable bonds is 6. The van der Waals surface area contributed by atoms with Gasteiger partial charge >= 0.3 is 5.97 Å². The lowest BCUT2D eigenvalue weighted by Gasteiger charge is -2.15. The third-order valence-electron chi connectivity index (χ3n) is 2.28. The number of benzene rings is 1. The third-order valence-corrected chi connectivity index (χ3v) is 2.28. The summed E-state index contributed by atoms with van der Waals surface area (Å²) >= 11 is 0. The smallest absolute Gasteiger partial charge is 0.337 e. The molecule has 0 aliphatic heterocycles. The van der Waals surface area contributed by atoms with E-state index in [9.17, 15) is 4.79 Å². The highest BCUT2D eigenvalue weighted by Crippen LogP contribution is 2.21. The fraction of sp³-hybridized carbons (Fsp3) is 0.417. The van der Waals surface area contributed by atoms with Gasteiger partial charge in [-0.1, -0.05) is 24.3 Å². The molecule has 4 heteroatoms. The molecule has 1 atom stereocenters. The molecule has 1 aromatic rings. The Morgan fingerprint density at radius 3 is 2.69 bits per heavy atom. The van der Waals surface area contributed by atoms with Crippen LogP contribution in [0.15, 0.2) is 24.3 Å². The fourth-order valence-corrected chi connectivity index (χ4v) is 1.44. The van der Waals surface area contributed by atoms with Crippen molar-refractivity contribution in [2.24, 2.45) is 0 Å². The van der Waals surface area contributed by atoms with Crippen LogP contribution >= 0.6 is 0 Å². The molecule has 0 aliphatic rings. The predicted octanol–water partition coefficient (Wildman–Crippen LogP) is 1.52. The van der Waals surface area contributed by atoms with Crippen molar-refractivity contribution < 1.29 is 19.7 Å². The van der Waals surface area contributed by atoms with Crippen LogP contribution in [0.3, 0.4) is 0 Å². The standard InChI is InChI=1S/C12H16O4/c1-9-5-2-3-6-10(9)11(12(14)15)16-8-4-7-13/h2-3,5-6,11,13H,4,7-8H2,1H3,(H,14,15). The maximum absolute atomic E-state index is 11.1. The summed E-state index contributed by atoms with van der Waals surface area (Å²) < 4.78 is 5.25. The van der Waals surface area contributed by atoms with E-state index in [0.29, 0.717) is 12.0 Å². The molecule has 16 heavy (non-hydrogen) atoms. The van der Waals surface area contributed by atoms with Gasteiger partial charge in [0.25, 0.3) is 0 Å². The molecule has 1 unspecified atom stereocenters. The maximum Gasteiger partial charge on any atom is 0.337 e. The van der Waals surface area contributed by atoms with Crippen LogP contribution in [0.2, 0.25) is 0 Å². The van der Waals surface area contributed by atoms with Crippen LogP contribution in [0, 0.1) is 6.92 Å². The number of ether oxygens (including phenoxy) is 1. The normalized spacial score (nSPS) is 12.4. The Hall–Kier alpha value is -1.39. The second-order valence-electron chi connectivity index (χ2n) is 3.52. The summed E-state index contributed by atoms with van der Waals surface area (Å²) in [6.07, 6.45) is -0.511. The minimum atomic E-state index is -1.01. The van der Waals surface area contributed by atoms with Gasteiger partial charge in [0.1, 0.15) is 0 Å². The van der Waals surface area contributed by atoms with Crippen molar-refractivity contribution >= 4 is 5.97 Å². The Morgan fingerprint density at radius 1 is 1.44 bits per heavy atom. The van der Waals surface area contributed by atoms with Gasteiger partial charge in [-0.25, -0.2) is 4.79 Å². The Bertz CT molecular complexity index is 349. The minimum absolute atomic E-state index is 0.000110. The van der Waals surface area contributed by atoms with E-state index >= 15 is 0 Å². The molecular formula is C12H16O4. The SMILES string of the molecule is Cc1ccccc1C(OCCCO)C(=O)O. The van der Waals surface area contributed by atoms with E-state index in [-0.39, 0.29) is 13.2 Å². The molecule has 88 valence electrons. The number of carboxylic acids is 1. The van der Waals surface area contributed by atoms with Gasteiger partial charge in [-0.3, -0.25) is 0 Å². The number of aryl methyl sites for hydroxylation is 1. The first-order valence-corrected chi connectivity index (χ1v) is 5.17. The Labute approximate surface area is 94.5 Å². The van der Waals surface area contributed by atoms with E-state index in [1.54, 1.807) is 12.1 Å². The second-order valence-corrected chi connectivity index (χ2v) is 3.52. The number of carbonyl (C=O) groups is 1. The number of aliphatic hydroxyl groups excluding tert-OH is 1. The zero-order chi connectivity index (χ0) is 12.0. The van der Waals surface area contributed by atoms with Crippen molar-refractivity contribution in [2.75, 3.05) is 13.2 Å². The summed E-state index contributed by atoms with van der Waals surface area (Å²) in [5.74, 6) is -1.01. The topological polar surface area (TPSA) is 66.8 Å². The minimum Gasteiger partial charge on any atom is -0.479 e. The molecule has 0 bridgehead atoms. The van der Waals surface area contributed by atoms with Crippen LogP contribution in [0.1, 0.15) is 23.7 Å². The predicted molar refractivity (Wildman–Crippen MR) is 59.2 cm³/mol. The first-order chi connectivity index (χ1) is 7.66. The molecule has 0 heterocycles. The van der Waals surface area contributed by atoms with Gasteiger partial charge in [0.2, 0.25) is 0 Å². The number of carboxylic acid groups (broad SMARTS) is 1. The molecule has 0 aromatic heterocycles. The van der Waals surface area contributed by atoms with Crippen molar-refractivity contribution in [3.8, 4) is 0 Å². The summed E-state index contributed by atoms with van der Waals surface area (Å²) in [5.41, 5.74) is 1.55. The number of hydrogen-bond acceptors (Lipinski definition) is 3. The molecule has 2 N–H and O–H groups in total. The Balaban J connectivity index is 2.78. The highest BCUT2D eigenvalue weighted by Gasteiger charge is 2.21. The summed E-state index contributed by atoms with van der Waals surface area (Å²) in [6.45, 7) is 2.09. The lowest BCUT2D eigenvalue weighted by atomic mass is 10.0. The van der Waals surface area contributed by atoms with E-state index in [0.717, 1.165) is 5.56 Å². The van der Waals surface area contributed by atoms with Crippen molar-refractivity contribution in [3.63, 3.8) is 0 Å². The van der Waals surface area contributed by atoms with Gasteiger partial charge in [-0.15, -0.1) is 0 Å². The van der Waals surface area contributed by atoms with Crippen molar-refractivity contribution in [1.82, 2.24) is 0 Å². The molecular weight excluding hydrogens is 208 g/mol. The lowest BCUT2D eigenvalue weighted by Crippen LogP contribution is -2.17. The highest BCUT2D eigenvalue weighted by atomic mass is 16.5. The molecule has 0 spiro atoms. The van der Waals surface area contributed by atoms with Gasteiger partial charge in [-0.2, -0.15) is 0 Å². The molecule has 0 saturated heterocycles. The average molecular weight is 224 g/mol. The lowest BCUT2D eigenvalue weighted by molar-refractivity contribution is -0.151. The van der Waals surface area contributed by atoms with Gasteiger partial charge in [0, 0.05) is 6.61 Å². The average Bonchev–Trinajstić information content (AvgIpc) is 2.25. The highest BCUT2D eigenvalue weighted by molar-refractivity contribution is 5.74. The van der Waals surface area contributed by atoms with Gasteiger partial charge < -0.3 is 14.9 Å². The maximum atomic E-state index is 11.1. The third kappa shape index (κ3) is 3.32. The summed E-state index contributed by atoms with van der Waals surface area (Å²) in [4.78, 5) is 11.1. The molecule has 0 fully saturated rings. The molecule has 1 aromatic carbocycles. The molecule has 0 saturated carbocycles. The van der Waals surface area contributed by atoms with Gasteiger partial charge in [0.05, 0.1) is 6.61 Å². The number of hydrogen-bond donors (Lipinski definition) is 2. The summed E-state index contributed by atoms with van der Waals surface area (Å²) in [5, 5.41) is 17.7. The Morgan fingerprint density at radius 2 is 2.12 bits per heavy atom. The monoisotopic (exact) mass is 224 g/mol. The quantitative estimate of drug-likeness (QED) is 0.719. The number of aliphatic hydroxyl groups is 1. The van der Waals surface area contributed by atoms with Crippen molar-refractivity contribution in [2.45, 2.75) is 19.4 Å². The number of aliphatic carboxylic acids is 1. The van der Waals surface area contributed by atoms with E-state index < -0.39 is 12.1 Å². The molecule has 4 nitrogen and oxygen atoms in total.